The van der Waals surface area contributed by atoms with Gasteiger partial charge in [-0.15, -0.1) is 0 Å². The molecular weight excluding hydrogens is 366 g/mol. The second-order valence-electron chi connectivity index (χ2n) is 9.08. The molecule has 7 heteroatoms. The third-order valence-electron chi connectivity index (χ3n) is 5.98. The zero-order valence-corrected chi connectivity index (χ0v) is 17.3. The van der Waals surface area contributed by atoms with Crippen LogP contribution in [-0.4, -0.2) is 56.0 Å². The van der Waals surface area contributed by atoms with Gasteiger partial charge in [-0.1, -0.05) is 45.0 Å². The van der Waals surface area contributed by atoms with Crippen LogP contribution < -0.4 is 4.90 Å². The maximum absolute atomic E-state index is 9.65. The number of hydrogen-bond donors (Lipinski definition) is 2. The average molecular weight is 396 g/mol. The van der Waals surface area contributed by atoms with Crippen molar-refractivity contribution >= 4 is 17.0 Å². The lowest BCUT2D eigenvalue weighted by molar-refractivity contribution is 0.0562. The lowest BCUT2D eigenvalue weighted by Crippen LogP contribution is -2.36. The number of benzene rings is 1. The highest BCUT2D eigenvalue weighted by molar-refractivity contribution is 5.83. The molecule has 154 valence electrons. The highest BCUT2D eigenvalue weighted by Crippen LogP contribution is 2.34. The molecule has 0 bridgehead atoms. The smallest absolute Gasteiger partial charge is 0.165 e. The van der Waals surface area contributed by atoms with Crippen molar-refractivity contribution in [1.29, 1.82) is 0 Å². The van der Waals surface area contributed by atoms with E-state index in [2.05, 4.69) is 58.0 Å². The largest absolute Gasteiger partial charge is 0.396 e. The molecule has 0 atom stereocenters. The van der Waals surface area contributed by atoms with E-state index in [1.807, 2.05) is 11.5 Å². The van der Waals surface area contributed by atoms with Crippen molar-refractivity contribution in [1.82, 2.24) is 19.5 Å². The van der Waals surface area contributed by atoms with Crippen LogP contribution >= 0.6 is 0 Å². The second kappa shape index (κ2) is 7.39. The van der Waals surface area contributed by atoms with Crippen molar-refractivity contribution in [3.8, 4) is 0 Å². The summed E-state index contributed by atoms with van der Waals surface area (Å²) in [5, 5.41) is 19.3. The number of fused-ring (bicyclic) bond motifs is 2. The summed E-state index contributed by atoms with van der Waals surface area (Å²) in [6.45, 7) is 8.31. The minimum atomic E-state index is -0.634. The van der Waals surface area contributed by atoms with Crippen LogP contribution in [0.4, 0.5) is 5.82 Å². The van der Waals surface area contributed by atoms with Gasteiger partial charge >= 0.3 is 0 Å². The van der Waals surface area contributed by atoms with E-state index in [1.165, 1.54) is 11.1 Å². The first-order valence-electron chi connectivity index (χ1n) is 10.1. The van der Waals surface area contributed by atoms with E-state index in [1.54, 1.807) is 12.7 Å². The number of anilines is 1. The van der Waals surface area contributed by atoms with Gasteiger partial charge in [-0.2, -0.15) is 0 Å². The van der Waals surface area contributed by atoms with E-state index >= 15 is 0 Å². The summed E-state index contributed by atoms with van der Waals surface area (Å²) in [6.07, 6.45) is 4.26. The first kappa shape index (κ1) is 19.8. The van der Waals surface area contributed by atoms with Crippen LogP contribution in [0.2, 0.25) is 0 Å². The van der Waals surface area contributed by atoms with Crippen molar-refractivity contribution in [2.75, 3.05) is 31.2 Å². The maximum atomic E-state index is 9.65. The normalized spacial score (nSPS) is 16.7. The summed E-state index contributed by atoms with van der Waals surface area (Å²) in [6, 6.07) is 8.66. The zero-order chi connectivity index (χ0) is 20.6. The Balaban J connectivity index is 1.70. The first-order valence-corrected chi connectivity index (χ1v) is 10.1. The summed E-state index contributed by atoms with van der Waals surface area (Å²) in [4.78, 5) is 16.0. The summed E-state index contributed by atoms with van der Waals surface area (Å²) in [7, 11) is 0. The van der Waals surface area contributed by atoms with Crippen molar-refractivity contribution < 1.29 is 10.2 Å². The Bertz CT molecular complexity index is 1010. The standard InChI is InChI=1S/C22H29N5O2/c1-21(2)10-26(9-8-16-6-4-5-7-17(16)21)19-18-20(24-14-23-19)27(15-25-18)11-22(3,12-28)13-29/h4-7,14-15,28-29H,8-13H2,1-3H3. The molecule has 0 radical (unpaired) electrons. The lowest BCUT2D eigenvalue weighted by Gasteiger charge is -2.31. The minimum Gasteiger partial charge on any atom is -0.396 e. The number of aliphatic hydroxyl groups is 2. The van der Waals surface area contributed by atoms with Gasteiger partial charge in [0.2, 0.25) is 0 Å². The summed E-state index contributed by atoms with van der Waals surface area (Å²) < 4.78 is 1.89. The first-order chi connectivity index (χ1) is 13.9. The van der Waals surface area contributed by atoms with E-state index < -0.39 is 5.41 Å². The third kappa shape index (κ3) is 3.60. The van der Waals surface area contributed by atoms with Gasteiger partial charge in [0.15, 0.2) is 17.0 Å². The van der Waals surface area contributed by atoms with Crippen LogP contribution in [-0.2, 0) is 18.4 Å². The number of aromatic nitrogens is 4. The molecule has 2 N–H and O–H groups in total. The lowest BCUT2D eigenvalue weighted by atomic mass is 9.82. The highest BCUT2D eigenvalue weighted by Gasteiger charge is 2.31. The molecule has 4 rings (SSSR count). The average Bonchev–Trinajstić information content (AvgIpc) is 3.07. The Morgan fingerprint density at radius 2 is 1.86 bits per heavy atom. The Hall–Kier alpha value is -2.51. The van der Waals surface area contributed by atoms with Gasteiger partial charge in [-0.25, -0.2) is 15.0 Å². The molecule has 2 aromatic heterocycles. The zero-order valence-electron chi connectivity index (χ0n) is 17.3. The summed E-state index contributed by atoms with van der Waals surface area (Å²) in [5.74, 6) is 0.837. The molecule has 0 aliphatic carbocycles. The van der Waals surface area contributed by atoms with Crippen molar-refractivity contribution in [2.45, 2.75) is 39.2 Å². The molecule has 0 saturated carbocycles. The molecule has 0 saturated heterocycles. The predicted octanol–water partition coefficient (Wildman–Crippen LogP) is 2.16. The quantitative estimate of drug-likeness (QED) is 0.688. The van der Waals surface area contributed by atoms with Crippen LogP contribution in [0.1, 0.15) is 31.9 Å². The van der Waals surface area contributed by atoms with Crippen LogP contribution in [0.25, 0.3) is 11.2 Å². The Kier molecular flexibility index (Phi) is 5.04. The highest BCUT2D eigenvalue weighted by atomic mass is 16.3. The van der Waals surface area contributed by atoms with E-state index in [-0.39, 0.29) is 18.6 Å². The van der Waals surface area contributed by atoms with Crippen LogP contribution in [0, 0.1) is 5.41 Å². The van der Waals surface area contributed by atoms with E-state index in [0.717, 1.165) is 36.5 Å². The Morgan fingerprint density at radius 3 is 2.62 bits per heavy atom. The molecule has 29 heavy (non-hydrogen) atoms. The molecule has 1 aliphatic heterocycles. The molecule has 0 amide bonds. The Labute approximate surface area is 171 Å². The molecule has 0 unspecified atom stereocenters. The molecule has 3 heterocycles. The molecule has 7 nitrogen and oxygen atoms in total. The predicted molar refractivity (Wildman–Crippen MR) is 113 cm³/mol. The van der Waals surface area contributed by atoms with E-state index in [0.29, 0.717) is 6.54 Å². The third-order valence-corrected chi connectivity index (χ3v) is 5.98. The van der Waals surface area contributed by atoms with Crippen molar-refractivity contribution in [2.24, 2.45) is 5.41 Å². The Morgan fingerprint density at radius 1 is 1.10 bits per heavy atom. The second-order valence-corrected chi connectivity index (χ2v) is 9.08. The maximum Gasteiger partial charge on any atom is 0.165 e. The minimum absolute atomic E-state index is 0.0146. The topological polar surface area (TPSA) is 87.3 Å². The van der Waals surface area contributed by atoms with Gasteiger partial charge in [0.1, 0.15) is 6.33 Å². The van der Waals surface area contributed by atoms with Crippen LogP contribution in [0.3, 0.4) is 0 Å². The van der Waals surface area contributed by atoms with Crippen LogP contribution in [0.5, 0.6) is 0 Å². The van der Waals surface area contributed by atoms with Crippen LogP contribution in [0.15, 0.2) is 36.9 Å². The van der Waals surface area contributed by atoms with Gasteiger partial charge in [0.05, 0.1) is 19.5 Å². The van der Waals surface area contributed by atoms with Gasteiger partial charge in [-0.05, 0) is 17.5 Å². The fourth-order valence-corrected chi connectivity index (χ4v) is 4.25. The fourth-order valence-electron chi connectivity index (χ4n) is 4.25. The summed E-state index contributed by atoms with van der Waals surface area (Å²) >= 11 is 0. The number of hydrogen-bond acceptors (Lipinski definition) is 6. The number of imidazole rings is 1. The molecular formula is C22H29N5O2. The number of rotatable bonds is 5. The van der Waals surface area contributed by atoms with E-state index in [9.17, 15) is 10.2 Å². The summed E-state index contributed by atoms with van der Waals surface area (Å²) in [5.41, 5.74) is 3.61. The molecule has 0 spiro atoms. The SMILES string of the molecule is CC(CO)(CO)Cn1cnc2c(N3CCc4ccccc4C(C)(C)C3)ncnc21. The van der Waals surface area contributed by atoms with Crippen molar-refractivity contribution in [3.63, 3.8) is 0 Å². The van der Waals surface area contributed by atoms with Gasteiger partial charge in [0, 0.05) is 30.5 Å². The molecule has 1 aromatic carbocycles. The monoisotopic (exact) mass is 395 g/mol. The molecule has 0 fully saturated rings. The van der Waals surface area contributed by atoms with E-state index in [4.69, 9.17) is 0 Å². The van der Waals surface area contributed by atoms with Gasteiger partial charge in [0.25, 0.3) is 0 Å². The fraction of sp³-hybridized carbons (Fsp3) is 0.500. The number of nitrogens with zero attached hydrogens (tertiary/aromatic N) is 5. The van der Waals surface area contributed by atoms with Gasteiger partial charge < -0.3 is 19.7 Å². The van der Waals surface area contributed by atoms with Gasteiger partial charge in [-0.3, -0.25) is 0 Å². The molecule has 3 aromatic rings. The number of aliphatic hydroxyl groups excluding tert-OH is 2. The van der Waals surface area contributed by atoms with Crippen molar-refractivity contribution in [3.05, 3.63) is 48.0 Å². The molecule has 1 aliphatic rings.